The lowest BCUT2D eigenvalue weighted by atomic mass is 10.2. The van der Waals surface area contributed by atoms with Crippen LogP contribution in [0.5, 0.6) is 0 Å². The predicted octanol–water partition coefficient (Wildman–Crippen LogP) is 3.07. The Bertz CT molecular complexity index is 662. The van der Waals surface area contributed by atoms with E-state index in [1.54, 1.807) is 24.7 Å². The highest BCUT2D eigenvalue weighted by Crippen LogP contribution is 2.21. The Hall–Kier alpha value is -2.49. The molecule has 88 valence electrons. The van der Waals surface area contributed by atoms with Gasteiger partial charge in [-0.1, -0.05) is 12.1 Å². The third-order valence-corrected chi connectivity index (χ3v) is 2.66. The second-order valence-electron chi connectivity index (χ2n) is 3.84. The van der Waals surface area contributed by atoms with Crippen LogP contribution in [0.3, 0.4) is 0 Å². The Balaban J connectivity index is 2.13. The Morgan fingerprint density at radius 2 is 1.83 bits per heavy atom. The molecule has 0 amide bonds. The standard InChI is InChI=1S/C14H10FN3/c15-12-3-1-2-11(10-12)14-17-8-9-18(14)13-4-6-16-7-5-13/h1-10H. The van der Waals surface area contributed by atoms with Crippen LogP contribution in [-0.4, -0.2) is 14.5 Å². The van der Waals surface area contributed by atoms with Gasteiger partial charge in [-0.3, -0.25) is 9.55 Å². The number of benzene rings is 1. The summed E-state index contributed by atoms with van der Waals surface area (Å²) >= 11 is 0. The number of hydrogen-bond acceptors (Lipinski definition) is 2. The van der Waals surface area contributed by atoms with Gasteiger partial charge in [0.15, 0.2) is 0 Å². The van der Waals surface area contributed by atoms with Gasteiger partial charge < -0.3 is 0 Å². The highest BCUT2D eigenvalue weighted by atomic mass is 19.1. The summed E-state index contributed by atoms with van der Waals surface area (Å²) in [7, 11) is 0. The topological polar surface area (TPSA) is 30.7 Å². The van der Waals surface area contributed by atoms with Crippen LogP contribution in [0.15, 0.2) is 61.2 Å². The first-order chi connectivity index (χ1) is 8.84. The number of rotatable bonds is 2. The number of nitrogens with zero attached hydrogens (tertiary/aromatic N) is 3. The fraction of sp³-hybridized carbons (Fsp3) is 0. The zero-order valence-corrected chi connectivity index (χ0v) is 9.49. The van der Waals surface area contributed by atoms with Crippen molar-refractivity contribution in [2.24, 2.45) is 0 Å². The van der Waals surface area contributed by atoms with Gasteiger partial charge in [0.25, 0.3) is 0 Å². The van der Waals surface area contributed by atoms with E-state index in [0.717, 1.165) is 11.3 Å². The van der Waals surface area contributed by atoms with Crippen molar-refractivity contribution in [1.29, 1.82) is 0 Å². The SMILES string of the molecule is Fc1cccc(-c2nccn2-c2ccncc2)c1. The molecule has 0 unspecified atom stereocenters. The second kappa shape index (κ2) is 4.41. The van der Waals surface area contributed by atoms with E-state index in [1.165, 1.54) is 12.1 Å². The Morgan fingerprint density at radius 3 is 2.61 bits per heavy atom. The molecule has 0 aliphatic rings. The Morgan fingerprint density at radius 1 is 1.00 bits per heavy atom. The van der Waals surface area contributed by atoms with Crippen LogP contribution in [0, 0.1) is 5.82 Å². The quantitative estimate of drug-likeness (QED) is 0.688. The summed E-state index contributed by atoms with van der Waals surface area (Å²) in [6.07, 6.45) is 6.96. The Kier molecular flexibility index (Phi) is 2.61. The summed E-state index contributed by atoms with van der Waals surface area (Å²) in [6, 6.07) is 10.2. The van der Waals surface area contributed by atoms with Gasteiger partial charge in [-0.25, -0.2) is 9.37 Å². The summed E-state index contributed by atoms with van der Waals surface area (Å²) in [5, 5.41) is 0. The van der Waals surface area contributed by atoms with Gasteiger partial charge in [-0.05, 0) is 24.3 Å². The van der Waals surface area contributed by atoms with Crippen molar-refractivity contribution in [3.05, 3.63) is 67.0 Å². The molecule has 0 aliphatic heterocycles. The smallest absolute Gasteiger partial charge is 0.144 e. The molecule has 0 fully saturated rings. The molecule has 0 radical (unpaired) electrons. The van der Waals surface area contributed by atoms with Crippen LogP contribution in [0.25, 0.3) is 17.1 Å². The maximum atomic E-state index is 13.2. The maximum absolute atomic E-state index is 13.2. The van der Waals surface area contributed by atoms with Crippen LogP contribution in [0.4, 0.5) is 4.39 Å². The molecular weight excluding hydrogens is 229 g/mol. The lowest BCUT2D eigenvalue weighted by Gasteiger charge is -2.07. The lowest BCUT2D eigenvalue weighted by molar-refractivity contribution is 0.628. The molecule has 0 spiro atoms. The van der Waals surface area contributed by atoms with Crippen LogP contribution >= 0.6 is 0 Å². The van der Waals surface area contributed by atoms with E-state index in [1.807, 2.05) is 29.0 Å². The second-order valence-corrected chi connectivity index (χ2v) is 3.84. The maximum Gasteiger partial charge on any atom is 0.144 e. The van der Waals surface area contributed by atoms with E-state index < -0.39 is 0 Å². The minimum absolute atomic E-state index is 0.267. The van der Waals surface area contributed by atoms with Gasteiger partial charge in [-0.15, -0.1) is 0 Å². The first-order valence-electron chi connectivity index (χ1n) is 5.54. The summed E-state index contributed by atoms with van der Waals surface area (Å²) < 4.78 is 15.1. The van der Waals surface area contributed by atoms with Crippen molar-refractivity contribution in [2.45, 2.75) is 0 Å². The number of pyridine rings is 1. The fourth-order valence-corrected chi connectivity index (χ4v) is 1.86. The lowest BCUT2D eigenvalue weighted by Crippen LogP contribution is -1.96. The predicted molar refractivity (Wildman–Crippen MR) is 66.8 cm³/mol. The van der Waals surface area contributed by atoms with Crippen molar-refractivity contribution in [1.82, 2.24) is 14.5 Å². The van der Waals surface area contributed by atoms with Crippen LogP contribution in [0.1, 0.15) is 0 Å². The average molecular weight is 239 g/mol. The minimum Gasteiger partial charge on any atom is -0.300 e. The average Bonchev–Trinajstić information content (AvgIpc) is 2.89. The third-order valence-electron chi connectivity index (χ3n) is 2.66. The van der Waals surface area contributed by atoms with Crippen LogP contribution in [0.2, 0.25) is 0 Å². The van der Waals surface area contributed by atoms with Gasteiger partial charge >= 0.3 is 0 Å². The number of halogens is 1. The van der Waals surface area contributed by atoms with Crippen molar-refractivity contribution in [2.75, 3.05) is 0 Å². The molecule has 18 heavy (non-hydrogen) atoms. The van der Waals surface area contributed by atoms with Crippen molar-refractivity contribution >= 4 is 0 Å². The molecule has 3 nitrogen and oxygen atoms in total. The van der Waals surface area contributed by atoms with Gasteiger partial charge in [0, 0.05) is 30.4 Å². The van der Waals surface area contributed by atoms with E-state index in [0.29, 0.717) is 5.82 Å². The highest BCUT2D eigenvalue weighted by molar-refractivity contribution is 5.58. The Labute approximate surface area is 104 Å². The molecule has 0 atom stereocenters. The molecule has 3 aromatic rings. The van der Waals surface area contributed by atoms with Crippen molar-refractivity contribution < 1.29 is 4.39 Å². The number of aromatic nitrogens is 3. The van der Waals surface area contributed by atoms with E-state index in [4.69, 9.17) is 0 Å². The van der Waals surface area contributed by atoms with Crippen LogP contribution in [-0.2, 0) is 0 Å². The molecule has 1 aromatic carbocycles. The molecule has 0 N–H and O–H groups in total. The van der Waals surface area contributed by atoms with Gasteiger partial charge in [-0.2, -0.15) is 0 Å². The molecular formula is C14H10FN3. The fourth-order valence-electron chi connectivity index (χ4n) is 1.86. The largest absolute Gasteiger partial charge is 0.300 e. The molecule has 2 aromatic heterocycles. The summed E-state index contributed by atoms with van der Waals surface area (Å²) in [5.74, 6) is 0.442. The zero-order valence-electron chi connectivity index (χ0n) is 9.49. The minimum atomic E-state index is -0.267. The first kappa shape index (κ1) is 10.7. The molecule has 0 saturated heterocycles. The normalized spacial score (nSPS) is 10.5. The van der Waals surface area contributed by atoms with E-state index in [-0.39, 0.29) is 5.82 Å². The number of imidazole rings is 1. The van der Waals surface area contributed by atoms with Crippen molar-refractivity contribution in [3.63, 3.8) is 0 Å². The highest BCUT2D eigenvalue weighted by Gasteiger charge is 2.07. The molecule has 0 saturated carbocycles. The van der Waals surface area contributed by atoms with E-state index >= 15 is 0 Å². The van der Waals surface area contributed by atoms with Crippen LogP contribution < -0.4 is 0 Å². The van der Waals surface area contributed by atoms with Gasteiger partial charge in [0.05, 0.1) is 5.69 Å². The number of hydrogen-bond donors (Lipinski definition) is 0. The van der Waals surface area contributed by atoms with Gasteiger partial charge in [0.2, 0.25) is 0 Å². The summed E-state index contributed by atoms with van der Waals surface area (Å²) in [6.45, 7) is 0. The first-order valence-corrected chi connectivity index (χ1v) is 5.54. The molecule has 4 heteroatoms. The third kappa shape index (κ3) is 1.88. The molecule has 0 bridgehead atoms. The van der Waals surface area contributed by atoms with E-state index in [2.05, 4.69) is 9.97 Å². The van der Waals surface area contributed by atoms with Crippen molar-refractivity contribution in [3.8, 4) is 17.1 Å². The zero-order chi connectivity index (χ0) is 12.4. The summed E-state index contributed by atoms with van der Waals surface area (Å²) in [4.78, 5) is 8.26. The molecule has 2 heterocycles. The summed E-state index contributed by atoms with van der Waals surface area (Å²) in [5.41, 5.74) is 1.69. The van der Waals surface area contributed by atoms with E-state index in [9.17, 15) is 4.39 Å². The monoisotopic (exact) mass is 239 g/mol. The molecule has 3 rings (SSSR count). The van der Waals surface area contributed by atoms with Gasteiger partial charge in [0.1, 0.15) is 11.6 Å². The molecule has 0 aliphatic carbocycles.